The highest BCUT2D eigenvalue weighted by molar-refractivity contribution is 6.02. The molecule has 2 aromatic rings. The van der Waals surface area contributed by atoms with Gasteiger partial charge in [-0.3, -0.25) is 9.89 Å². The number of hydrogen-bond donors (Lipinski definition) is 3. The fourth-order valence-corrected chi connectivity index (χ4v) is 1.30. The SMILES string of the molecule is CCCNc1cnc(C(=O)Nc2cn[nH]c2)cn1. The smallest absolute Gasteiger partial charge is 0.275 e. The summed E-state index contributed by atoms with van der Waals surface area (Å²) >= 11 is 0. The van der Waals surface area contributed by atoms with Crippen LogP contribution in [-0.2, 0) is 0 Å². The molecular formula is C11H14N6O. The molecule has 7 heteroatoms. The first-order valence-electron chi connectivity index (χ1n) is 5.65. The fraction of sp³-hybridized carbons (Fsp3) is 0.273. The lowest BCUT2D eigenvalue weighted by molar-refractivity contribution is 0.102. The molecule has 0 atom stereocenters. The Morgan fingerprint density at radius 2 is 2.22 bits per heavy atom. The van der Waals surface area contributed by atoms with E-state index in [4.69, 9.17) is 0 Å². The van der Waals surface area contributed by atoms with E-state index in [0.29, 0.717) is 11.5 Å². The number of aromatic nitrogens is 4. The predicted molar refractivity (Wildman–Crippen MR) is 67.4 cm³/mol. The Morgan fingerprint density at radius 3 is 2.83 bits per heavy atom. The highest BCUT2D eigenvalue weighted by Gasteiger charge is 2.08. The molecule has 0 bridgehead atoms. The number of H-pyrrole nitrogens is 1. The molecule has 3 N–H and O–H groups in total. The largest absolute Gasteiger partial charge is 0.369 e. The van der Waals surface area contributed by atoms with Crippen LogP contribution in [0.25, 0.3) is 0 Å². The van der Waals surface area contributed by atoms with Gasteiger partial charge in [0.15, 0.2) is 0 Å². The maximum atomic E-state index is 11.8. The molecule has 0 saturated heterocycles. The zero-order chi connectivity index (χ0) is 12.8. The van der Waals surface area contributed by atoms with Crippen LogP contribution in [0.4, 0.5) is 11.5 Å². The highest BCUT2D eigenvalue weighted by Crippen LogP contribution is 2.05. The maximum Gasteiger partial charge on any atom is 0.275 e. The third-order valence-electron chi connectivity index (χ3n) is 2.20. The van der Waals surface area contributed by atoms with Crippen molar-refractivity contribution in [1.82, 2.24) is 20.2 Å². The van der Waals surface area contributed by atoms with E-state index in [1.807, 2.05) is 0 Å². The second-order valence-corrected chi connectivity index (χ2v) is 3.65. The summed E-state index contributed by atoms with van der Waals surface area (Å²) in [5.41, 5.74) is 0.855. The van der Waals surface area contributed by atoms with Gasteiger partial charge in [-0.15, -0.1) is 0 Å². The average Bonchev–Trinajstić information content (AvgIpc) is 2.89. The molecule has 0 aliphatic carbocycles. The van der Waals surface area contributed by atoms with E-state index in [1.165, 1.54) is 12.4 Å². The van der Waals surface area contributed by atoms with Crippen LogP contribution >= 0.6 is 0 Å². The monoisotopic (exact) mass is 246 g/mol. The number of hydrogen-bond acceptors (Lipinski definition) is 5. The Balaban J connectivity index is 1.98. The molecule has 7 nitrogen and oxygen atoms in total. The van der Waals surface area contributed by atoms with Gasteiger partial charge in [0.2, 0.25) is 0 Å². The Morgan fingerprint density at radius 1 is 1.33 bits per heavy atom. The average molecular weight is 246 g/mol. The van der Waals surface area contributed by atoms with Crippen molar-refractivity contribution in [2.24, 2.45) is 0 Å². The summed E-state index contributed by atoms with van der Waals surface area (Å²) in [6, 6.07) is 0. The first-order valence-corrected chi connectivity index (χ1v) is 5.65. The number of anilines is 2. The number of nitrogens with one attached hydrogen (secondary N) is 3. The lowest BCUT2D eigenvalue weighted by atomic mass is 10.4. The van der Waals surface area contributed by atoms with E-state index in [2.05, 4.69) is 37.7 Å². The van der Waals surface area contributed by atoms with Crippen LogP contribution < -0.4 is 10.6 Å². The first kappa shape index (κ1) is 12.0. The van der Waals surface area contributed by atoms with Gasteiger partial charge in [0.05, 0.1) is 24.3 Å². The molecule has 2 heterocycles. The van der Waals surface area contributed by atoms with Crippen molar-refractivity contribution in [3.63, 3.8) is 0 Å². The summed E-state index contributed by atoms with van der Waals surface area (Å²) < 4.78 is 0. The molecule has 0 spiro atoms. The number of aromatic amines is 1. The third-order valence-corrected chi connectivity index (χ3v) is 2.20. The van der Waals surface area contributed by atoms with E-state index in [9.17, 15) is 4.79 Å². The predicted octanol–water partition coefficient (Wildman–Crippen LogP) is 1.27. The summed E-state index contributed by atoms with van der Waals surface area (Å²) in [6.07, 6.45) is 7.09. The number of amides is 1. The van der Waals surface area contributed by atoms with E-state index in [-0.39, 0.29) is 11.6 Å². The van der Waals surface area contributed by atoms with Crippen LogP contribution in [0.15, 0.2) is 24.8 Å². The zero-order valence-corrected chi connectivity index (χ0v) is 9.97. The van der Waals surface area contributed by atoms with Crippen LogP contribution in [0.2, 0.25) is 0 Å². The Labute approximate surface area is 104 Å². The Kier molecular flexibility index (Phi) is 3.85. The topological polar surface area (TPSA) is 95.6 Å². The van der Waals surface area contributed by atoms with Crippen LogP contribution in [-0.4, -0.2) is 32.6 Å². The lowest BCUT2D eigenvalue weighted by Gasteiger charge is -2.04. The molecular weight excluding hydrogens is 232 g/mol. The van der Waals surface area contributed by atoms with E-state index in [0.717, 1.165) is 13.0 Å². The van der Waals surface area contributed by atoms with Crippen molar-refractivity contribution in [2.45, 2.75) is 13.3 Å². The summed E-state index contributed by atoms with van der Waals surface area (Å²) in [7, 11) is 0. The van der Waals surface area contributed by atoms with Gasteiger partial charge in [-0.2, -0.15) is 5.10 Å². The van der Waals surface area contributed by atoms with Crippen LogP contribution in [0.3, 0.4) is 0 Å². The summed E-state index contributed by atoms with van der Waals surface area (Å²) in [6.45, 7) is 2.89. The van der Waals surface area contributed by atoms with Gasteiger partial charge >= 0.3 is 0 Å². The van der Waals surface area contributed by atoms with Gasteiger partial charge in [0.1, 0.15) is 11.5 Å². The van der Waals surface area contributed by atoms with Gasteiger partial charge < -0.3 is 10.6 Å². The second-order valence-electron chi connectivity index (χ2n) is 3.65. The van der Waals surface area contributed by atoms with Gasteiger partial charge in [-0.1, -0.05) is 6.92 Å². The van der Waals surface area contributed by atoms with E-state index < -0.39 is 0 Å². The molecule has 0 aliphatic rings. The van der Waals surface area contributed by atoms with Crippen molar-refractivity contribution in [3.8, 4) is 0 Å². The summed E-state index contributed by atoms with van der Waals surface area (Å²) in [5, 5.41) is 12.1. The molecule has 0 saturated carbocycles. The molecule has 94 valence electrons. The van der Waals surface area contributed by atoms with Gasteiger partial charge in [0, 0.05) is 12.7 Å². The molecule has 18 heavy (non-hydrogen) atoms. The van der Waals surface area contributed by atoms with Crippen molar-refractivity contribution < 1.29 is 4.79 Å². The minimum absolute atomic E-state index is 0.262. The normalized spacial score (nSPS) is 10.1. The summed E-state index contributed by atoms with van der Waals surface area (Å²) in [5.74, 6) is 0.350. The lowest BCUT2D eigenvalue weighted by Crippen LogP contribution is -2.14. The molecule has 2 aromatic heterocycles. The molecule has 0 aliphatic heterocycles. The third kappa shape index (κ3) is 3.03. The van der Waals surface area contributed by atoms with Gasteiger partial charge in [-0.25, -0.2) is 9.97 Å². The van der Waals surface area contributed by atoms with E-state index >= 15 is 0 Å². The van der Waals surface area contributed by atoms with Crippen molar-refractivity contribution in [1.29, 1.82) is 0 Å². The van der Waals surface area contributed by atoms with Gasteiger partial charge in [-0.05, 0) is 6.42 Å². The number of carbonyl (C=O) groups excluding carboxylic acids is 1. The Bertz CT molecular complexity index is 493. The molecule has 0 radical (unpaired) electrons. The fourth-order valence-electron chi connectivity index (χ4n) is 1.30. The number of carbonyl (C=O) groups is 1. The molecule has 0 unspecified atom stereocenters. The maximum absolute atomic E-state index is 11.8. The van der Waals surface area contributed by atoms with Gasteiger partial charge in [0.25, 0.3) is 5.91 Å². The molecule has 1 amide bonds. The molecule has 2 rings (SSSR count). The second kappa shape index (κ2) is 5.76. The molecule has 0 fully saturated rings. The van der Waals surface area contributed by atoms with Crippen molar-refractivity contribution in [2.75, 3.05) is 17.2 Å². The standard InChI is InChI=1S/C11H14N6O/c1-2-3-12-10-7-13-9(6-14-10)11(18)17-8-4-15-16-5-8/h4-7H,2-3H2,1H3,(H,12,14)(H,15,16)(H,17,18). The molecule has 0 aromatic carbocycles. The quantitative estimate of drug-likeness (QED) is 0.738. The highest BCUT2D eigenvalue weighted by atomic mass is 16.1. The Hall–Kier alpha value is -2.44. The minimum atomic E-state index is -0.314. The van der Waals surface area contributed by atoms with Crippen molar-refractivity contribution >= 4 is 17.4 Å². The van der Waals surface area contributed by atoms with Crippen LogP contribution in [0.1, 0.15) is 23.8 Å². The summed E-state index contributed by atoms with van der Waals surface area (Å²) in [4.78, 5) is 19.9. The van der Waals surface area contributed by atoms with Crippen LogP contribution in [0.5, 0.6) is 0 Å². The zero-order valence-electron chi connectivity index (χ0n) is 9.97. The van der Waals surface area contributed by atoms with Crippen molar-refractivity contribution in [3.05, 3.63) is 30.5 Å². The minimum Gasteiger partial charge on any atom is -0.369 e. The first-order chi connectivity index (χ1) is 8.79. The number of nitrogens with zero attached hydrogens (tertiary/aromatic N) is 3. The number of rotatable bonds is 5. The van der Waals surface area contributed by atoms with Crippen LogP contribution in [0, 0.1) is 0 Å². The van der Waals surface area contributed by atoms with E-state index in [1.54, 1.807) is 12.4 Å².